The summed E-state index contributed by atoms with van der Waals surface area (Å²) >= 11 is 0. The Morgan fingerprint density at radius 3 is 2.69 bits per heavy atom. The summed E-state index contributed by atoms with van der Waals surface area (Å²) in [4.78, 5) is 0. The van der Waals surface area contributed by atoms with Gasteiger partial charge in [0.1, 0.15) is 11.6 Å². The fraction of sp³-hybridized carbons (Fsp3) is 0.778. The Bertz CT molecular complexity index is 305. The van der Waals surface area contributed by atoms with E-state index in [-0.39, 0.29) is 0 Å². The molecule has 2 heterocycles. The van der Waals surface area contributed by atoms with Crippen LogP contribution < -0.4 is 5.32 Å². The quantitative estimate of drug-likeness (QED) is 0.687. The summed E-state index contributed by atoms with van der Waals surface area (Å²) in [5.41, 5.74) is 0. The zero-order chi connectivity index (χ0) is 9.42. The highest BCUT2D eigenvalue weighted by molar-refractivity contribution is 5.06. The molecule has 1 saturated heterocycles. The Morgan fingerprint density at radius 1 is 1.46 bits per heavy atom. The van der Waals surface area contributed by atoms with Gasteiger partial charge in [0, 0.05) is 19.0 Å². The first-order chi connectivity index (χ1) is 6.20. The molecule has 4 nitrogen and oxygen atoms in total. The molecule has 13 heavy (non-hydrogen) atoms. The van der Waals surface area contributed by atoms with Gasteiger partial charge in [-0.25, -0.2) is 0 Å². The van der Waals surface area contributed by atoms with Crippen molar-refractivity contribution in [2.75, 3.05) is 6.54 Å². The van der Waals surface area contributed by atoms with Crippen LogP contribution in [0.2, 0.25) is 0 Å². The molecule has 0 aliphatic carbocycles. The van der Waals surface area contributed by atoms with Gasteiger partial charge in [-0.1, -0.05) is 0 Å². The molecule has 4 heteroatoms. The molecule has 1 aliphatic heterocycles. The Kier molecular flexibility index (Phi) is 2.07. The molecule has 1 N–H and O–H groups in total. The van der Waals surface area contributed by atoms with Crippen molar-refractivity contribution in [3.8, 4) is 0 Å². The number of rotatable bonds is 1. The lowest BCUT2D eigenvalue weighted by Gasteiger charge is -2.13. The van der Waals surface area contributed by atoms with Gasteiger partial charge in [0.05, 0.1) is 0 Å². The van der Waals surface area contributed by atoms with Crippen molar-refractivity contribution in [3.05, 3.63) is 11.6 Å². The molecule has 1 aromatic rings. The molecule has 0 aromatic carbocycles. The van der Waals surface area contributed by atoms with E-state index in [1.807, 2.05) is 14.0 Å². The molecule has 0 amide bonds. The van der Waals surface area contributed by atoms with Gasteiger partial charge in [0.15, 0.2) is 0 Å². The summed E-state index contributed by atoms with van der Waals surface area (Å²) in [6, 6.07) is 0.530. The van der Waals surface area contributed by atoms with Crippen LogP contribution in [0.1, 0.15) is 30.9 Å². The van der Waals surface area contributed by atoms with Gasteiger partial charge >= 0.3 is 0 Å². The van der Waals surface area contributed by atoms with E-state index in [1.165, 1.54) is 6.42 Å². The highest BCUT2D eigenvalue weighted by Gasteiger charge is 2.28. The maximum absolute atomic E-state index is 4.22. The number of hydrogen-bond acceptors (Lipinski definition) is 3. The van der Waals surface area contributed by atoms with Crippen LogP contribution in [-0.4, -0.2) is 27.4 Å². The first-order valence-electron chi connectivity index (χ1n) is 4.79. The fourth-order valence-electron chi connectivity index (χ4n) is 1.96. The molecular formula is C9H16N4. The molecular weight excluding hydrogens is 164 g/mol. The van der Waals surface area contributed by atoms with Crippen molar-refractivity contribution in [1.82, 2.24) is 20.1 Å². The summed E-state index contributed by atoms with van der Waals surface area (Å²) in [6.07, 6.45) is 1.17. The molecule has 2 atom stereocenters. The zero-order valence-corrected chi connectivity index (χ0v) is 8.41. The highest BCUT2D eigenvalue weighted by Crippen LogP contribution is 2.25. The van der Waals surface area contributed by atoms with Crippen LogP contribution in [0.3, 0.4) is 0 Å². The second-order valence-electron chi connectivity index (χ2n) is 3.80. The average Bonchev–Trinajstić information content (AvgIpc) is 2.62. The van der Waals surface area contributed by atoms with Gasteiger partial charge < -0.3 is 9.88 Å². The van der Waals surface area contributed by atoms with Gasteiger partial charge in [-0.05, 0) is 26.8 Å². The first kappa shape index (κ1) is 8.69. The molecule has 2 rings (SSSR count). The third kappa shape index (κ3) is 1.35. The van der Waals surface area contributed by atoms with Gasteiger partial charge in [-0.2, -0.15) is 0 Å². The molecule has 1 aliphatic rings. The standard InChI is InChI=1S/C9H16N4/c1-6-8(4-5-10-6)9-12-11-7(2)13(9)3/h6,8,10H,4-5H2,1-3H3. The molecule has 2 unspecified atom stereocenters. The summed E-state index contributed by atoms with van der Waals surface area (Å²) in [5.74, 6) is 2.65. The van der Waals surface area contributed by atoms with Crippen LogP contribution in [0.15, 0.2) is 0 Å². The summed E-state index contributed by atoms with van der Waals surface area (Å²) in [5, 5.41) is 11.7. The van der Waals surface area contributed by atoms with E-state index in [0.717, 1.165) is 18.2 Å². The lowest BCUT2D eigenvalue weighted by molar-refractivity contribution is 0.548. The average molecular weight is 180 g/mol. The predicted octanol–water partition coefficient (Wildman–Crippen LogP) is 0.589. The van der Waals surface area contributed by atoms with E-state index in [2.05, 4.69) is 27.0 Å². The molecule has 1 aromatic heterocycles. The predicted molar refractivity (Wildman–Crippen MR) is 50.6 cm³/mol. The van der Waals surface area contributed by atoms with Crippen molar-refractivity contribution in [1.29, 1.82) is 0 Å². The van der Waals surface area contributed by atoms with Crippen LogP contribution in [0, 0.1) is 6.92 Å². The minimum Gasteiger partial charge on any atom is -0.318 e. The third-order valence-electron chi connectivity index (χ3n) is 2.98. The summed E-state index contributed by atoms with van der Waals surface area (Å²) in [7, 11) is 2.04. The minimum atomic E-state index is 0.530. The number of nitrogens with zero attached hydrogens (tertiary/aromatic N) is 3. The van der Waals surface area contributed by atoms with Crippen molar-refractivity contribution < 1.29 is 0 Å². The molecule has 0 saturated carbocycles. The van der Waals surface area contributed by atoms with Crippen molar-refractivity contribution in [3.63, 3.8) is 0 Å². The van der Waals surface area contributed by atoms with Crippen molar-refractivity contribution in [2.45, 2.75) is 32.2 Å². The van der Waals surface area contributed by atoms with Crippen molar-refractivity contribution >= 4 is 0 Å². The van der Waals surface area contributed by atoms with Gasteiger partial charge in [0.25, 0.3) is 0 Å². The SMILES string of the molecule is Cc1nnc(C2CCNC2C)n1C. The molecule has 0 spiro atoms. The summed E-state index contributed by atoms with van der Waals surface area (Å²) in [6.45, 7) is 5.29. The van der Waals surface area contributed by atoms with Crippen LogP contribution in [-0.2, 0) is 7.05 Å². The molecule has 0 bridgehead atoms. The Hall–Kier alpha value is -0.900. The lowest BCUT2D eigenvalue weighted by atomic mass is 10.0. The second kappa shape index (κ2) is 3.10. The number of nitrogens with one attached hydrogen (secondary N) is 1. The largest absolute Gasteiger partial charge is 0.318 e. The normalized spacial score (nSPS) is 28.2. The van der Waals surface area contributed by atoms with E-state index in [0.29, 0.717) is 12.0 Å². The van der Waals surface area contributed by atoms with Gasteiger partial charge in [-0.15, -0.1) is 10.2 Å². The third-order valence-corrected chi connectivity index (χ3v) is 2.98. The maximum atomic E-state index is 4.22. The maximum Gasteiger partial charge on any atom is 0.137 e. The van der Waals surface area contributed by atoms with Gasteiger partial charge in [0.2, 0.25) is 0 Å². The van der Waals surface area contributed by atoms with Crippen LogP contribution >= 0.6 is 0 Å². The zero-order valence-electron chi connectivity index (χ0n) is 8.41. The van der Waals surface area contributed by atoms with E-state index in [1.54, 1.807) is 0 Å². The topological polar surface area (TPSA) is 42.7 Å². The number of aryl methyl sites for hydroxylation is 1. The lowest BCUT2D eigenvalue weighted by Crippen LogP contribution is -2.23. The van der Waals surface area contributed by atoms with Gasteiger partial charge in [-0.3, -0.25) is 0 Å². The first-order valence-corrected chi connectivity index (χ1v) is 4.79. The van der Waals surface area contributed by atoms with Crippen molar-refractivity contribution in [2.24, 2.45) is 7.05 Å². The monoisotopic (exact) mass is 180 g/mol. The summed E-state index contributed by atoms with van der Waals surface area (Å²) < 4.78 is 2.09. The van der Waals surface area contributed by atoms with E-state index < -0.39 is 0 Å². The van der Waals surface area contributed by atoms with Crippen LogP contribution in [0.5, 0.6) is 0 Å². The van der Waals surface area contributed by atoms with Crippen LogP contribution in [0.25, 0.3) is 0 Å². The van der Waals surface area contributed by atoms with E-state index in [9.17, 15) is 0 Å². The smallest absolute Gasteiger partial charge is 0.137 e. The van der Waals surface area contributed by atoms with Crippen LogP contribution in [0.4, 0.5) is 0 Å². The number of hydrogen-bond donors (Lipinski definition) is 1. The second-order valence-corrected chi connectivity index (χ2v) is 3.80. The van der Waals surface area contributed by atoms with E-state index in [4.69, 9.17) is 0 Å². The fourth-order valence-corrected chi connectivity index (χ4v) is 1.96. The Labute approximate surface area is 78.4 Å². The molecule has 72 valence electrons. The molecule has 1 fully saturated rings. The minimum absolute atomic E-state index is 0.530. The Balaban J connectivity index is 2.29. The Morgan fingerprint density at radius 2 is 2.23 bits per heavy atom. The van der Waals surface area contributed by atoms with E-state index >= 15 is 0 Å². The highest BCUT2D eigenvalue weighted by atomic mass is 15.3. The molecule has 0 radical (unpaired) electrons. The number of aromatic nitrogens is 3.